The second-order valence-electron chi connectivity index (χ2n) is 15.5. The maximum absolute atomic E-state index is 14.2. The van der Waals surface area contributed by atoms with Crippen molar-refractivity contribution in [3.63, 3.8) is 0 Å². The lowest BCUT2D eigenvalue weighted by molar-refractivity contribution is -0.183. The number of aliphatic hydroxyl groups is 2. The molecule has 276 valence electrons. The number of methoxy groups -OCH3 is 1. The molecule has 1 saturated heterocycles. The molecular weight excluding hydrogens is 665 g/mol. The Morgan fingerprint density at radius 3 is 2.57 bits per heavy atom. The highest BCUT2D eigenvalue weighted by Gasteiger charge is 2.57. The van der Waals surface area contributed by atoms with E-state index in [1.54, 1.807) is 30.4 Å². The summed E-state index contributed by atoms with van der Waals surface area (Å²) in [6.07, 6.45) is 1.27. The van der Waals surface area contributed by atoms with Crippen LogP contribution in [-0.4, -0.2) is 85.7 Å². The van der Waals surface area contributed by atoms with Crippen LogP contribution in [0.1, 0.15) is 61.3 Å². The van der Waals surface area contributed by atoms with Crippen LogP contribution < -0.4 is 20.3 Å². The lowest BCUT2D eigenvalue weighted by Crippen LogP contribution is -2.62. The first-order valence-corrected chi connectivity index (χ1v) is 19.0. The summed E-state index contributed by atoms with van der Waals surface area (Å²) in [5, 5.41) is 31.3. The number of amides is 2. The molecule has 7 rings (SSSR count). The molecule has 3 saturated carbocycles. The third-order valence-corrected chi connectivity index (χ3v) is 12.9. The third-order valence-electron chi connectivity index (χ3n) is 11.9. The van der Waals surface area contributed by atoms with E-state index in [0.717, 1.165) is 35.2 Å². The molecule has 4 aliphatic rings. The van der Waals surface area contributed by atoms with Gasteiger partial charge in [0, 0.05) is 59.9 Å². The Morgan fingerprint density at radius 2 is 1.94 bits per heavy atom. The van der Waals surface area contributed by atoms with Crippen molar-refractivity contribution < 1.29 is 29.4 Å². The normalized spacial score (nSPS) is 27.4. The van der Waals surface area contributed by atoms with Gasteiger partial charge in [-0.2, -0.15) is 5.06 Å². The van der Waals surface area contributed by atoms with Gasteiger partial charge in [-0.15, -0.1) is 11.3 Å². The fraction of sp³-hybridized carbons (Fsp3) is 0.550. The van der Waals surface area contributed by atoms with Crippen molar-refractivity contribution in [1.29, 1.82) is 0 Å². The lowest BCUT2D eigenvalue weighted by atomic mass is 9.45. The minimum atomic E-state index is -0.893. The molecule has 11 heteroatoms. The molecule has 1 aromatic heterocycles. The first-order valence-electron chi connectivity index (χ1n) is 18.2. The standard InChI is InChI=1S/C40H54N4O6S/c1-23-32-19-28(40(32,3)4)20-33(23)42-39(48)36-35(24(2)46)34(22-45)50-44(36)21-25-10-8-12-31(37(25)49-7)26-16-27(18-29(17-26)43(5)6)38(47)41-14-13-30-11-9-15-51-30/h8-12,15-18,23-24,28,32-36,45-46H,13-14,19-22H2,1-7H3,(H,41,47)(H,42,48)/t23-,24-,28-,32+,33-,34-,35+,36-/m0/s1. The Morgan fingerprint density at radius 1 is 1.16 bits per heavy atom. The number of benzene rings is 2. The number of carbonyl (C=O) groups is 2. The number of nitrogens with one attached hydrogen (secondary N) is 2. The monoisotopic (exact) mass is 718 g/mol. The SMILES string of the molecule is COc1c(CN2O[C@@H](CO)[C@@H]([C@H](C)O)[C@H]2C(=O)N[C@H]2C[C@@H]3C[C@H]([C@@H]2C)C3(C)C)cccc1-c1cc(C(=O)NCCc2cccs2)cc(N(C)C)c1. The van der Waals surface area contributed by atoms with Crippen LogP contribution in [0.4, 0.5) is 5.69 Å². The summed E-state index contributed by atoms with van der Waals surface area (Å²) in [4.78, 5) is 37.0. The molecule has 3 aliphatic carbocycles. The maximum atomic E-state index is 14.2. The molecule has 4 fully saturated rings. The Kier molecular flexibility index (Phi) is 11.1. The molecule has 1 aliphatic heterocycles. The van der Waals surface area contributed by atoms with Crippen molar-refractivity contribution >= 4 is 28.8 Å². The van der Waals surface area contributed by atoms with Gasteiger partial charge in [0.25, 0.3) is 5.91 Å². The molecule has 51 heavy (non-hydrogen) atoms. The van der Waals surface area contributed by atoms with Gasteiger partial charge in [-0.1, -0.05) is 45.0 Å². The van der Waals surface area contributed by atoms with Gasteiger partial charge in [0.1, 0.15) is 17.9 Å². The molecule has 4 N–H and O–H groups in total. The molecule has 2 aromatic carbocycles. The van der Waals surface area contributed by atoms with Crippen molar-refractivity contribution in [2.75, 3.05) is 39.3 Å². The fourth-order valence-electron chi connectivity index (χ4n) is 8.84. The van der Waals surface area contributed by atoms with Gasteiger partial charge in [-0.05, 0) is 84.6 Å². The second-order valence-corrected chi connectivity index (χ2v) is 16.5. The van der Waals surface area contributed by atoms with E-state index >= 15 is 0 Å². The highest BCUT2D eigenvalue weighted by molar-refractivity contribution is 7.09. The number of fused-ring (bicyclic) bond motifs is 2. The molecule has 0 radical (unpaired) electrons. The molecule has 0 unspecified atom stereocenters. The van der Waals surface area contributed by atoms with Gasteiger partial charge < -0.3 is 30.5 Å². The number of aliphatic hydroxyl groups excluding tert-OH is 2. The van der Waals surface area contributed by atoms with E-state index in [9.17, 15) is 19.8 Å². The molecule has 3 aromatic rings. The first-order chi connectivity index (χ1) is 24.3. The Hall–Kier alpha value is -3.48. The molecule has 2 bridgehead atoms. The number of ether oxygens (including phenoxy) is 1. The van der Waals surface area contributed by atoms with Crippen LogP contribution in [0.25, 0.3) is 11.1 Å². The number of hydrogen-bond acceptors (Lipinski definition) is 9. The minimum absolute atomic E-state index is 0.0443. The molecule has 8 atom stereocenters. The number of para-hydroxylation sites is 1. The fourth-order valence-corrected chi connectivity index (χ4v) is 9.55. The number of rotatable bonds is 13. The zero-order valence-electron chi connectivity index (χ0n) is 30.9. The van der Waals surface area contributed by atoms with Crippen LogP contribution in [0.2, 0.25) is 0 Å². The maximum Gasteiger partial charge on any atom is 0.251 e. The van der Waals surface area contributed by atoms with Crippen molar-refractivity contribution in [2.45, 2.75) is 77.8 Å². The lowest BCUT2D eigenvalue weighted by Gasteiger charge is -2.62. The van der Waals surface area contributed by atoms with Gasteiger partial charge in [-0.25, -0.2) is 0 Å². The highest BCUT2D eigenvalue weighted by Crippen LogP contribution is 2.61. The van der Waals surface area contributed by atoms with E-state index in [1.165, 1.54) is 11.3 Å². The molecular formula is C40H54N4O6S. The predicted octanol–water partition coefficient (Wildman–Crippen LogP) is 5.12. The summed E-state index contributed by atoms with van der Waals surface area (Å²) in [5.74, 6) is 1.08. The van der Waals surface area contributed by atoms with E-state index in [4.69, 9.17) is 9.57 Å². The molecule has 10 nitrogen and oxygen atoms in total. The van der Waals surface area contributed by atoms with E-state index in [2.05, 4.69) is 37.5 Å². The van der Waals surface area contributed by atoms with Gasteiger partial charge in [0.05, 0.1) is 26.4 Å². The summed E-state index contributed by atoms with van der Waals surface area (Å²) in [5.41, 5.74) is 4.06. The number of thiophene rings is 1. The van der Waals surface area contributed by atoms with Crippen molar-refractivity contribution in [3.05, 3.63) is 69.9 Å². The summed E-state index contributed by atoms with van der Waals surface area (Å²) >= 11 is 1.68. The van der Waals surface area contributed by atoms with Gasteiger partial charge in [-0.3, -0.25) is 14.4 Å². The van der Waals surface area contributed by atoms with Crippen molar-refractivity contribution in [3.8, 4) is 16.9 Å². The summed E-state index contributed by atoms with van der Waals surface area (Å²) in [6.45, 7) is 8.94. The topological polar surface area (TPSA) is 124 Å². The van der Waals surface area contributed by atoms with Crippen LogP contribution in [0, 0.1) is 29.1 Å². The van der Waals surface area contributed by atoms with Gasteiger partial charge in [0.2, 0.25) is 5.91 Å². The summed E-state index contributed by atoms with van der Waals surface area (Å²) in [6, 6.07) is 14.9. The minimum Gasteiger partial charge on any atom is -0.496 e. The largest absolute Gasteiger partial charge is 0.496 e. The molecule has 2 amide bonds. The number of anilines is 1. The van der Waals surface area contributed by atoms with E-state index in [-0.39, 0.29) is 36.4 Å². The number of hydroxylamine groups is 2. The molecule has 2 heterocycles. The van der Waals surface area contributed by atoms with E-state index < -0.39 is 24.2 Å². The third kappa shape index (κ3) is 7.41. The Balaban J connectivity index is 1.26. The quantitative estimate of drug-likeness (QED) is 0.192. The van der Waals surface area contributed by atoms with Crippen LogP contribution in [0.5, 0.6) is 5.75 Å². The average Bonchev–Trinajstić information content (AvgIpc) is 3.76. The zero-order chi connectivity index (χ0) is 36.6. The first kappa shape index (κ1) is 37.3. The Labute approximate surface area is 306 Å². The van der Waals surface area contributed by atoms with Crippen molar-refractivity contribution in [2.24, 2.45) is 29.1 Å². The number of nitrogens with zero attached hydrogens (tertiary/aromatic N) is 2. The van der Waals surface area contributed by atoms with Crippen LogP contribution in [-0.2, 0) is 22.6 Å². The second kappa shape index (κ2) is 15.2. The average molecular weight is 719 g/mol. The molecule has 0 spiro atoms. The van der Waals surface area contributed by atoms with Gasteiger partial charge in [0.15, 0.2) is 0 Å². The van der Waals surface area contributed by atoms with Crippen LogP contribution in [0.15, 0.2) is 53.9 Å². The van der Waals surface area contributed by atoms with Crippen molar-refractivity contribution in [1.82, 2.24) is 15.7 Å². The summed E-state index contributed by atoms with van der Waals surface area (Å²) < 4.78 is 6.05. The highest BCUT2D eigenvalue weighted by atomic mass is 32.1. The van der Waals surface area contributed by atoms with Gasteiger partial charge >= 0.3 is 0 Å². The van der Waals surface area contributed by atoms with E-state index in [0.29, 0.717) is 35.6 Å². The smallest absolute Gasteiger partial charge is 0.251 e. The summed E-state index contributed by atoms with van der Waals surface area (Å²) in [7, 11) is 5.49. The predicted molar refractivity (Wildman–Crippen MR) is 201 cm³/mol. The van der Waals surface area contributed by atoms with Crippen LogP contribution >= 0.6 is 11.3 Å². The number of hydrogen-bond donors (Lipinski definition) is 4. The zero-order valence-corrected chi connectivity index (χ0v) is 31.7. The van der Waals surface area contributed by atoms with Crippen LogP contribution in [0.3, 0.4) is 0 Å². The number of carbonyl (C=O) groups excluding carboxylic acids is 2. The van der Waals surface area contributed by atoms with E-state index in [1.807, 2.05) is 66.8 Å². The Bertz CT molecular complexity index is 1690.